The van der Waals surface area contributed by atoms with E-state index in [1.807, 2.05) is 72.6 Å². The number of nitrogens with zero attached hydrogens (tertiary/aromatic N) is 2. The van der Waals surface area contributed by atoms with Crippen LogP contribution in [0.4, 0.5) is 13.2 Å². The summed E-state index contributed by atoms with van der Waals surface area (Å²) in [7, 11) is 0. The molecule has 1 atom stereocenters. The van der Waals surface area contributed by atoms with Gasteiger partial charge in [-0.2, -0.15) is 13.2 Å². The number of nitrogens with one attached hydrogen (secondary N) is 2. The molecule has 0 saturated carbocycles. The first-order chi connectivity index (χ1) is 19.3. The first kappa shape index (κ1) is 27.2. The number of rotatable bonds is 10. The zero-order chi connectivity index (χ0) is 28.1. The van der Waals surface area contributed by atoms with Gasteiger partial charge >= 0.3 is 6.18 Å². The van der Waals surface area contributed by atoms with E-state index < -0.39 is 11.7 Å². The van der Waals surface area contributed by atoms with E-state index in [2.05, 4.69) is 15.3 Å². The molecule has 0 saturated heterocycles. The molecule has 0 radical (unpaired) electrons. The smallest absolute Gasteiger partial charge is 0.416 e. The largest absolute Gasteiger partial charge is 0.447 e. The quantitative estimate of drug-likeness (QED) is 0.200. The van der Waals surface area contributed by atoms with Crippen molar-refractivity contribution >= 4 is 16.8 Å². The summed E-state index contributed by atoms with van der Waals surface area (Å²) in [5.41, 5.74) is 3.07. The number of fused-ring (bicyclic) bond motifs is 1. The number of benzene rings is 3. The SMILES string of the molecule is CC(NC(=O)c1coc(CN(CCc2c[nH]c3ccccc23)Cc2cccc(C(F)(F)F)c2)n1)c1ccccc1. The van der Waals surface area contributed by atoms with Crippen molar-refractivity contribution in [1.82, 2.24) is 20.2 Å². The second kappa shape index (κ2) is 11.8. The number of aromatic nitrogens is 2. The Labute approximate surface area is 229 Å². The minimum absolute atomic E-state index is 0.147. The van der Waals surface area contributed by atoms with Crippen molar-refractivity contribution in [3.8, 4) is 0 Å². The summed E-state index contributed by atoms with van der Waals surface area (Å²) in [4.78, 5) is 22.4. The average Bonchev–Trinajstić information content (AvgIpc) is 3.59. The molecule has 0 spiro atoms. The second-order valence-electron chi connectivity index (χ2n) is 9.75. The topological polar surface area (TPSA) is 74.2 Å². The normalized spacial score (nSPS) is 12.6. The lowest BCUT2D eigenvalue weighted by atomic mass is 10.1. The Morgan fingerprint density at radius 2 is 1.80 bits per heavy atom. The van der Waals surface area contributed by atoms with Gasteiger partial charge in [0, 0.05) is 30.2 Å². The van der Waals surface area contributed by atoms with Crippen LogP contribution in [0.15, 0.2) is 95.7 Å². The number of H-pyrrole nitrogens is 1. The Morgan fingerprint density at radius 3 is 2.60 bits per heavy atom. The maximum Gasteiger partial charge on any atom is 0.416 e. The maximum atomic E-state index is 13.3. The van der Waals surface area contributed by atoms with Crippen LogP contribution in [-0.4, -0.2) is 27.3 Å². The Balaban J connectivity index is 1.31. The average molecular weight is 547 g/mol. The van der Waals surface area contributed by atoms with Crippen LogP contribution in [0.25, 0.3) is 10.9 Å². The molecule has 40 heavy (non-hydrogen) atoms. The van der Waals surface area contributed by atoms with Gasteiger partial charge in [0.15, 0.2) is 5.69 Å². The molecule has 5 rings (SSSR count). The number of halogens is 3. The van der Waals surface area contributed by atoms with Gasteiger partial charge in [-0.05, 0) is 42.2 Å². The molecule has 9 heteroatoms. The molecule has 0 aliphatic heterocycles. The number of oxazole rings is 1. The molecule has 0 aliphatic rings. The first-order valence-electron chi connectivity index (χ1n) is 13.0. The number of hydrogen-bond acceptors (Lipinski definition) is 4. The summed E-state index contributed by atoms with van der Waals surface area (Å²) in [6.07, 6.45) is -0.503. The number of para-hydroxylation sites is 1. The van der Waals surface area contributed by atoms with Crippen LogP contribution >= 0.6 is 0 Å². The van der Waals surface area contributed by atoms with Gasteiger partial charge in [-0.15, -0.1) is 0 Å². The van der Waals surface area contributed by atoms with Crippen molar-refractivity contribution in [3.05, 3.63) is 125 Å². The van der Waals surface area contributed by atoms with Gasteiger partial charge in [0.25, 0.3) is 5.91 Å². The Kier molecular flexibility index (Phi) is 8.02. The van der Waals surface area contributed by atoms with Crippen LogP contribution in [0.2, 0.25) is 0 Å². The molecule has 2 N–H and O–H groups in total. The lowest BCUT2D eigenvalue weighted by Crippen LogP contribution is -2.27. The summed E-state index contributed by atoms with van der Waals surface area (Å²) in [6.45, 7) is 2.89. The summed E-state index contributed by atoms with van der Waals surface area (Å²) in [5.74, 6) is -0.0574. The summed E-state index contributed by atoms with van der Waals surface area (Å²) in [6, 6.07) is 22.6. The van der Waals surface area contributed by atoms with Gasteiger partial charge in [0.2, 0.25) is 5.89 Å². The van der Waals surface area contributed by atoms with E-state index in [9.17, 15) is 18.0 Å². The molecule has 6 nitrogen and oxygen atoms in total. The summed E-state index contributed by atoms with van der Waals surface area (Å²) >= 11 is 0. The van der Waals surface area contributed by atoms with Crippen molar-refractivity contribution in [3.63, 3.8) is 0 Å². The lowest BCUT2D eigenvalue weighted by molar-refractivity contribution is -0.137. The molecule has 0 bridgehead atoms. The standard InChI is InChI=1S/C31H29F3N4O2/c1-21(23-9-3-2-4-10-23)36-30(39)28-20-40-29(37-28)19-38(18-22-8-7-11-25(16-22)31(32,33)34)15-14-24-17-35-27-13-6-5-12-26(24)27/h2-13,16-17,20-21,35H,14-15,18-19H2,1H3,(H,36,39). The lowest BCUT2D eigenvalue weighted by Gasteiger charge is -2.21. The number of hydrogen-bond donors (Lipinski definition) is 2. The minimum atomic E-state index is -4.42. The van der Waals surface area contributed by atoms with Crippen LogP contribution in [0.1, 0.15) is 51.6 Å². The monoisotopic (exact) mass is 546 g/mol. The van der Waals surface area contributed by atoms with Crippen LogP contribution < -0.4 is 5.32 Å². The molecule has 2 aromatic heterocycles. The van der Waals surface area contributed by atoms with Gasteiger partial charge < -0.3 is 14.7 Å². The molecule has 1 unspecified atom stereocenters. The van der Waals surface area contributed by atoms with Crippen LogP contribution in [-0.2, 0) is 25.7 Å². The fourth-order valence-electron chi connectivity index (χ4n) is 4.71. The maximum absolute atomic E-state index is 13.3. The van der Waals surface area contributed by atoms with E-state index in [1.165, 1.54) is 12.3 Å². The highest BCUT2D eigenvalue weighted by atomic mass is 19.4. The first-order valence-corrected chi connectivity index (χ1v) is 13.0. The summed E-state index contributed by atoms with van der Waals surface area (Å²) in [5, 5.41) is 4.02. The Morgan fingerprint density at radius 1 is 1.02 bits per heavy atom. The van der Waals surface area contributed by atoms with Gasteiger partial charge in [0.1, 0.15) is 6.26 Å². The molecule has 2 heterocycles. The highest BCUT2D eigenvalue weighted by Gasteiger charge is 2.30. The summed E-state index contributed by atoms with van der Waals surface area (Å²) < 4.78 is 45.6. The fraction of sp³-hybridized carbons (Fsp3) is 0.226. The third-order valence-electron chi connectivity index (χ3n) is 6.82. The molecule has 0 aliphatic carbocycles. The van der Waals surface area contributed by atoms with E-state index in [4.69, 9.17) is 4.42 Å². The minimum Gasteiger partial charge on any atom is -0.447 e. The van der Waals surface area contributed by atoms with E-state index in [0.717, 1.165) is 34.2 Å². The molecule has 3 aromatic carbocycles. The van der Waals surface area contributed by atoms with Crippen molar-refractivity contribution in [1.29, 1.82) is 0 Å². The molecular weight excluding hydrogens is 517 g/mol. The molecular formula is C31H29F3N4O2. The van der Waals surface area contributed by atoms with Crippen molar-refractivity contribution in [2.75, 3.05) is 6.54 Å². The fourth-order valence-corrected chi connectivity index (χ4v) is 4.71. The van der Waals surface area contributed by atoms with Crippen LogP contribution in [0.5, 0.6) is 0 Å². The predicted octanol–water partition coefficient (Wildman–Crippen LogP) is 6.91. The van der Waals surface area contributed by atoms with E-state index in [-0.39, 0.29) is 30.7 Å². The Bertz CT molecular complexity index is 1580. The number of alkyl halides is 3. The number of aromatic amines is 1. The van der Waals surface area contributed by atoms with Crippen molar-refractivity contribution in [2.24, 2.45) is 0 Å². The van der Waals surface area contributed by atoms with Crippen LogP contribution in [0.3, 0.4) is 0 Å². The van der Waals surface area contributed by atoms with Crippen molar-refractivity contribution in [2.45, 2.75) is 38.7 Å². The van der Waals surface area contributed by atoms with Crippen LogP contribution in [0, 0.1) is 0 Å². The second-order valence-corrected chi connectivity index (χ2v) is 9.75. The van der Waals surface area contributed by atoms with Gasteiger partial charge in [-0.3, -0.25) is 9.69 Å². The third kappa shape index (κ3) is 6.60. The number of carbonyl (C=O) groups is 1. The predicted molar refractivity (Wildman–Crippen MR) is 146 cm³/mol. The highest BCUT2D eigenvalue weighted by Crippen LogP contribution is 2.30. The zero-order valence-electron chi connectivity index (χ0n) is 21.9. The molecule has 1 amide bonds. The highest BCUT2D eigenvalue weighted by molar-refractivity contribution is 5.92. The van der Waals surface area contributed by atoms with E-state index in [0.29, 0.717) is 24.4 Å². The van der Waals surface area contributed by atoms with Gasteiger partial charge in [-0.1, -0.05) is 66.7 Å². The molecule has 206 valence electrons. The van der Waals surface area contributed by atoms with E-state index >= 15 is 0 Å². The van der Waals surface area contributed by atoms with E-state index in [1.54, 1.807) is 6.07 Å². The Hall–Kier alpha value is -4.37. The van der Waals surface area contributed by atoms with Gasteiger partial charge in [-0.25, -0.2) is 4.98 Å². The number of carbonyl (C=O) groups excluding carboxylic acids is 1. The molecule has 5 aromatic rings. The van der Waals surface area contributed by atoms with Gasteiger partial charge in [0.05, 0.1) is 18.2 Å². The zero-order valence-corrected chi connectivity index (χ0v) is 21.9. The number of amides is 1. The van der Waals surface area contributed by atoms with Crippen molar-refractivity contribution < 1.29 is 22.4 Å². The third-order valence-corrected chi connectivity index (χ3v) is 6.82. The molecule has 0 fully saturated rings.